The highest BCUT2D eigenvalue weighted by Crippen LogP contribution is 2.12. The van der Waals surface area contributed by atoms with Crippen LogP contribution < -0.4 is 10.2 Å². The molecule has 1 N–H and O–H groups in total. The van der Waals surface area contributed by atoms with Crippen LogP contribution in [0.1, 0.15) is 16.9 Å². The van der Waals surface area contributed by atoms with E-state index in [9.17, 15) is 4.79 Å². The van der Waals surface area contributed by atoms with E-state index in [-0.39, 0.29) is 23.5 Å². The molecule has 2 aromatic rings. The Bertz CT molecular complexity index is 586. The summed E-state index contributed by atoms with van der Waals surface area (Å²) in [5, 5.41) is 8.82. The Balaban J connectivity index is 2.11. The minimum Gasteiger partial charge on any atom is -0.482 e. The number of hydrogen-bond donors (Lipinski definition) is 1. The highest BCUT2D eigenvalue weighted by atomic mass is 16.5. The van der Waals surface area contributed by atoms with Crippen molar-refractivity contribution in [1.29, 1.82) is 0 Å². The highest BCUT2D eigenvalue weighted by molar-refractivity contribution is 5.26. The molecule has 1 aromatic carbocycles. The van der Waals surface area contributed by atoms with Crippen molar-refractivity contribution in [2.75, 3.05) is 0 Å². The number of aryl methyl sites for hydroxylation is 1. The van der Waals surface area contributed by atoms with Crippen LogP contribution in [0.15, 0.2) is 45.8 Å². The van der Waals surface area contributed by atoms with Gasteiger partial charge in [0.1, 0.15) is 25.2 Å². The molecule has 0 aliphatic heterocycles. The van der Waals surface area contributed by atoms with E-state index in [2.05, 4.69) is 0 Å². The lowest BCUT2D eigenvalue weighted by Gasteiger charge is -2.07. The van der Waals surface area contributed by atoms with Crippen molar-refractivity contribution in [3.8, 4) is 5.75 Å². The first-order chi connectivity index (χ1) is 8.70. The van der Waals surface area contributed by atoms with Crippen molar-refractivity contribution >= 4 is 0 Å². The summed E-state index contributed by atoms with van der Waals surface area (Å²) in [5.74, 6) is 0.374. The van der Waals surface area contributed by atoms with Crippen molar-refractivity contribution in [1.82, 2.24) is 0 Å². The van der Waals surface area contributed by atoms with Crippen molar-refractivity contribution in [3.05, 3.63) is 63.7 Å². The number of aliphatic hydroxyl groups is 1. The van der Waals surface area contributed by atoms with Gasteiger partial charge in [-0.15, -0.1) is 0 Å². The minimum absolute atomic E-state index is 0.149. The SMILES string of the molecule is Cc1ccccc1COc1coc(CO)cc1=O. The van der Waals surface area contributed by atoms with E-state index < -0.39 is 0 Å². The molecule has 0 aliphatic rings. The Labute approximate surface area is 104 Å². The lowest BCUT2D eigenvalue weighted by molar-refractivity contribution is 0.236. The fourth-order valence-electron chi connectivity index (χ4n) is 1.55. The van der Waals surface area contributed by atoms with Crippen LogP contribution in [-0.2, 0) is 13.2 Å². The third-order valence-corrected chi connectivity index (χ3v) is 2.65. The summed E-state index contributed by atoms with van der Waals surface area (Å²) < 4.78 is 10.4. The molecule has 0 bridgehead atoms. The zero-order valence-corrected chi connectivity index (χ0v) is 10.1. The van der Waals surface area contributed by atoms with Crippen molar-refractivity contribution in [2.45, 2.75) is 20.1 Å². The second-order valence-electron chi connectivity index (χ2n) is 3.95. The molecule has 18 heavy (non-hydrogen) atoms. The molecule has 0 atom stereocenters. The van der Waals surface area contributed by atoms with Crippen LogP contribution in [0.4, 0.5) is 0 Å². The molecule has 0 saturated heterocycles. The van der Waals surface area contributed by atoms with Crippen LogP contribution in [0.5, 0.6) is 5.75 Å². The quantitative estimate of drug-likeness (QED) is 0.896. The molecule has 4 heteroatoms. The Morgan fingerprint density at radius 1 is 1.33 bits per heavy atom. The van der Waals surface area contributed by atoms with Gasteiger partial charge >= 0.3 is 0 Å². The Morgan fingerprint density at radius 3 is 2.78 bits per heavy atom. The predicted octanol–water partition coefficient (Wildman–Crippen LogP) is 2.02. The summed E-state index contributed by atoms with van der Waals surface area (Å²) in [6, 6.07) is 9.02. The molecule has 0 unspecified atom stereocenters. The van der Waals surface area contributed by atoms with E-state index in [0.717, 1.165) is 11.1 Å². The lowest BCUT2D eigenvalue weighted by Crippen LogP contribution is -2.08. The summed E-state index contributed by atoms with van der Waals surface area (Å²) >= 11 is 0. The summed E-state index contributed by atoms with van der Waals surface area (Å²) in [6.45, 7) is 2.00. The van der Waals surface area contributed by atoms with Gasteiger partial charge in [-0.3, -0.25) is 4.79 Å². The van der Waals surface area contributed by atoms with Crippen LogP contribution in [0, 0.1) is 6.92 Å². The van der Waals surface area contributed by atoms with E-state index in [1.54, 1.807) is 0 Å². The van der Waals surface area contributed by atoms with E-state index >= 15 is 0 Å². The van der Waals surface area contributed by atoms with E-state index in [1.165, 1.54) is 12.3 Å². The van der Waals surface area contributed by atoms with Crippen molar-refractivity contribution < 1.29 is 14.3 Å². The molecule has 0 amide bonds. The monoisotopic (exact) mass is 246 g/mol. The first-order valence-corrected chi connectivity index (χ1v) is 5.60. The number of hydrogen-bond acceptors (Lipinski definition) is 4. The van der Waals surface area contributed by atoms with Gasteiger partial charge in [-0.2, -0.15) is 0 Å². The van der Waals surface area contributed by atoms with Crippen molar-refractivity contribution in [2.24, 2.45) is 0 Å². The maximum atomic E-state index is 11.6. The van der Waals surface area contributed by atoms with Crippen LogP contribution >= 0.6 is 0 Å². The van der Waals surface area contributed by atoms with Crippen LogP contribution in [0.25, 0.3) is 0 Å². The molecule has 4 nitrogen and oxygen atoms in total. The third-order valence-electron chi connectivity index (χ3n) is 2.65. The van der Waals surface area contributed by atoms with Gasteiger partial charge in [-0.1, -0.05) is 24.3 Å². The normalized spacial score (nSPS) is 10.3. The van der Waals surface area contributed by atoms with Gasteiger partial charge in [-0.05, 0) is 18.1 Å². The topological polar surface area (TPSA) is 59.7 Å². The van der Waals surface area contributed by atoms with Gasteiger partial charge in [0.05, 0.1) is 0 Å². The largest absolute Gasteiger partial charge is 0.482 e. The summed E-state index contributed by atoms with van der Waals surface area (Å²) in [5.41, 5.74) is 1.83. The zero-order chi connectivity index (χ0) is 13.0. The Kier molecular flexibility index (Phi) is 3.79. The zero-order valence-electron chi connectivity index (χ0n) is 10.1. The number of ether oxygens (including phenoxy) is 1. The molecular formula is C14H14O4. The van der Waals surface area contributed by atoms with E-state index in [4.69, 9.17) is 14.3 Å². The molecule has 1 aromatic heterocycles. The molecule has 2 rings (SSSR count). The molecule has 0 aliphatic carbocycles. The maximum absolute atomic E-state index is 11.6. The van der Waals surface area contributed by atoms with Crippen LogP contribution in [-0.4, -0.2) is 5.11 Å². The number of rotatable bonds is 4. The second kappa shape index (κ2) is 5.51. The molecule has 0 fully saturated rings. The molecule has 0 radical (unpaired) electrons. The fraction of sp³-hybridized carbons (Fsp3) is 0.214. The average molecular weight is 246 g/mol. The molecule has 94 valence electrons. The standard InChI is InChI=1S/C14H14O4/c1-10-4-2-3-5-11(10)8-18-14-9-17-12(7-15)6-13(14)16/h2-6,9,15H,7-8H2,1H3. The molecule has 0 saturated carbocycles. The van der Waals surface area contributed by atoms with Gasteiger partial charge in [0.2, 0.25) is 11.2 Å². The third kappa shape index (κ3) is 2.78. The summed E-state index contributed by atoms with van der Waals surface area (Å²) in [4.78, 5) is 11.6. The Morgan fingerprint density at radius 2 is 2.11 bits per heavy atom. The summed E-state index contributed by atoms with van der Waals surface area (Å²) in [7, 11) is 0. The van der Waals surface area contributed by atoms with E-state index in [1.807, 2.05) is 31.2 Å². The molecule has 1 heterocycles. The molecule has 0 spiro atoms. The Hall–Kier alpha value is -2.07. The van der Waals surface area contributed by atoms with Gasteiger partial charge < -0.3 is 14.3 Å². The first kappa shape index (κ1) is 12.4. The van der Waals surface area contributed by atoms with Gasteiger partial charge in [0.25, 0.3) is 0 Å². The van der Waals surface area contributed by atoms with Crippen LogP contribution in [0.2, 0.25) is 0 Å². The average Bonchev–Trinajstić information content (AvgIpc) is 2.39. The minimum atomic E-state index is -0.298. The fourth-order valence-corrected chi connectivity index (χ4v) is 1.55. The lowest BCUT2D eigenvalue weighted by atomic mass is 10.1. The molecular weight excluding hydrogens is 232 g/mol. The number of benzene rings is 1. The predicted molar refractivity (Wildman–Crippen MR) is 66.4 cm³/mol. The maximum Gasteiger partial charge on any atom is 0.227 e. The summed E-state index contributed by atoms with van der Waals surface area (Å²) in [6.07, 6.45) is 1.23. The second-order valence-corrected chi connectivity index (χ2v) is 3.95. The van der Waals surface area contributed by atoms with Gasteiger partial charge in [-0.25, -0.2) is 0 Å². The first-order valence-electron chi connectivity index (χ1n) is 5.60. The van der Waals surface area contributed by atoms with Gasteiger partial charge in [0, 0.05) is 6.07 Å². The van der Waals surface area contributed by atoms with Gasteiger partial charge in [0.15, 0.2) is 0 Å². The smallest absolute Gasteiger partial charge is 0.227 e. The van der Waals surface area contributed by atoms with Crippen molar-refractivity contribution in [3.63, 3.8) is 0 Å². The van der Waals surface area contributed by atoms with E-state index in [0.29, 0.717) is 6.61 Å². The van der Waals surface area contributed by atoms with Crippen LogP contribution in [0.3, 0.4) is 0 Å². The number of aliphatic hydroxyl groups excluding tert-OH is 1. The highest BCUT2D eigenvalue weighted by Gasteiger charge is 2.05.